The molecule has 3 aromatic carbocycles. The highest BCUT2D eigenvalue weighted by atomic mass is 16.6. The summed E-state index contributed by atoms with van der Waals surface area (Å²) in [6, 6.07) is 25.8. The van der Waals surface area contributed by atoms with E-state index in [1.165, 1.54) is 12.5 Å². The van der Waals surface area contributed by atoms with Crippen molar-refractivity contribution in [3.63, 3.8) is 0 Å². The van der Waals surface area contributed by atoms with Gasteiger partial charge in [0.05, 0.1) is 6.54 Å². The SMILES string of the molecule is CC(C)(C)OC(=O)/C=C/c1ccc(CN(C(=O)C2CCCCC2)c2cccc(/C=C/COc3ccccc3)c2)cc1. The molecule has 5 nitrogen and oxygen atoms in total. The molecule has 0 heterocycles. The lowest BCUT2D eigenvalue weighted by molar-refractivity contribution is -0.148. The number of benzene rings is 3. The van der Waals surface area contributed by atoms with Crippen LogP contribution in [0.2, 0.25) is 0 Å². The van der Waals surface area contributed by atoms with E-state index >= 15 is 0 Å². The number of amides is 1. The van der Waals surface area contributed by atoms with Crippen LogP contribution in [0.15, 0.2) is 91.0 Å². The van der Waals surface area contributed by atoms with Gasteiger partial charge in [-0.3, -0.25) is 4.79 Å². The smallest absolute Gasteiger partial charge is 0.331 e. The predicted molar refractivity (Wildman–Crippen MR) is 166 cm³/mol. The van der Waals surface area contributed by atoms with E-state index in [9.17, 15) is 9.59 Å². The zero-order chi connectivity index (χ0) is 29.1. The molecule has 0 aliphatic heterocycles. The third-order valence-corrected chi connectivity index (χ3v) is 6.94. The Morgan fingerprint density at radius 1 is 0.854 bits per heavy atom. The first-order chi connectivity index (χ1) is 19.8. The minimum atomic E-state index is -0.525. The number of hydrogen-bond acceptors (Lipinski definition) is 4. The topological polar surface area (TPSA) is 55.8 Å². The molecule has 0 N–H and O–H groups in total. The second kappa shape index (κ2) is 14.5. The molecule has 0 saturated heterocycles. The van der Waals surface area contributed by atoms with Crippen molar-refractivity contribution in [3.05, 3.63) is 108 Å². The lowest BCUT2D eigenvalue weighted by atomic mass is 9.88. The summed E-state index contributed by atoms with van der Waals surface area (Å²) in [5.41, 5.74) is 3.31. The van der Waals surface area contributed by atoms with E-state index in [-0.39, 0.29) is 17.8 Å². The average molecular weight is 552 g/mol. The predicted octanol–water partition coefficient (Wildman–Crippen LogP) is 8.25. The number of rotatable bonds is 10. The molecule has 3 aromatic rings. The number of esters is 1. The van der Waals surface area contributed by atoms with Crippen molar-refractivity contribution in [1.82, 2.24) is 0 Å². The summed E-state index contributed by atoms with van der Waals surface area (Å²) < 4.78 is 11.1. The van der Waals surface area contributed by atoms with Gasteiger partial charge in [0.1, 0.15) is 18.0 Å². The van der Waals surface area contributed by atoms with Crippen LogP contribution in [0, 0.1) is 5.92 Å². The molecule has 1 amide bonds. The van der Waals surface area contributed by atoms with Gasteiger partial charge in [0.15, 0.2) is 0 Å². The number of anilines is 1. The fourth-order valence-corrected chi connectivity index (χ4v) is 4.92. The van der Waals surface area contributed by atoms with Crippen LogP contribution in [0.4, 0.5) is 5.69 Å². The molecule has 41 heavy (non-hydrogen) atoms. The van der Waals surface area contributed by atoms with E-state index in [4.69, 9.17) is 9.47 Å². The molecular formula is C36H41NO4. The Kier molecular flexibility index (Phi) is 10.6. The summed E-state index contributed by atoms with van der Waals surface area (Å²) in [5.74, 6) is 0.707. The van der Waals surface area contributed by atoms with Crippen LogP contribution in [0.3, 0.4) is 0 Å². The molecule has 0 aromatic heterocycles. The zero-order valence-electron chi connectivity index (χ0n) is 24.4. The summed E-state index contributed by atoms with van der Waals surface area (Å²) in [7, 11) is 0. The van der Waals surface area contributed by atoms with E-state index in [1.54, 1.807) is 6.08 Å². The number of hydrogen-bond donors (Lipinski definition) is 0. The van der Waals surface area contributed by atoms with Gasteiger partial charge < -0.3 is 14.4 Å². The third-order valence-electron chi connectivity index (χ3n) is 6.94. The van der Waals surface area contributed by atoms with E-state index in [1.807, 2.05) is 111 Å². The molecular weight excluding hydrogens is 510 g/mol. The first-order valence-electron chi connectivity index (χ1n) is 14.5. The minimum absolute atomic E-state index is 0.0539. The fraction of sp³-hybridized carbons (Fsp3) is 0.333. The zero-order valence-corrected chi connectivity index (χ0v) is 24.4. The maximum atomic E-state index is 13.8. The second-order valence-electron chi connectivity index (χ2n) is 11.5. The minimum Gasteiger partial charge on any atom is -0.490 e. The van der Waals surface area contributed by atoms with Crippen LogP contribution in [0.1, 0.15) is 69.6 Å². The number of carbonyl (C=O) groups excluding carboxylic acids is 2. The normalized spacial score (nSPS) is 14.3. The van der Waals surface area contributed by atoms with Gasteiger partial charge in [-0.2, -0.15) is 0 Å². The first kappa shape index (κ1) is 29.9. The van der Waals surface area contributed by atoms with E-state index in [2.05, 4.69) is 6.07 Å². The van der Waals surface area contributed by atoms with Gasteiger partial charge >= 0.3 is 5.97 Å². The van der Waals surface area contributed by atoms with Crippen LogP contribution >= 0.6 is 0 Å². The monoisotopic (exact) mass is 551 g/mol. The Morgan fingerprint density at radius 3 is 2.29 bits per heavy atom. The summed E-state index contributed by atoms with van der Waals surface area (Å²) in [5, 5.41) is 0. The Bertz CT molecular complexity index is 1330. The molecule has 0 atom stereocenters. The van der Waals surface area contributed by atoms with Gasteiger partial charge in [0.25, 0.3) is 0 Å². The quantitative estimate of drug-likeness (QED) is 0.188. The Labute approximate surface area is 244 Å². The summed E-state index contributed by atoms with van der Waals surface area (Å²) in [6.45, 7) is 6.49. The lowest BCUT2D eigenvalue weighted by Gasteiger charge is -2.30. The molecule has 1 aliphatic carbocycles. The molecule has 0 bridgehead atoms. The number of para-hydroxylation sites is 1. The van der Waals surface area contributed by atoms with Gasteiger partial charge in [-0.15, -0.1) is 0 Å². The molecule has 0 radical (unpaired) electrons. The van der Waals surface area contributed by atoms with Crippen molar-refractivity contribution >= 4 is 29.7 Å². The molecule has 0 unspecified atom stereocenters. The molecule has 1 aliphatic rings. The number of carbonyl (C=O) groups is 2. The van der Waals surface area contributed by atoms with Crippen LogP contribution < -0.4 is 9.64 Å². The Hall–Kier alpha value is -4.12. The first-order valence-corrected chi connectivity index (χ1v) is 14.5. The highest BCUT2D eigenvalue weighted by Gasteiger charge is 2.27. The van der Waals surface area contributed by atoms with Crippen molar-refractivity contribution in [3.8, 4) is 5.75 Å². The molecule has 214 valence electrons. The van der Waals surface area contributed by atoms with Crippen LogP contribution in [0.25, 0.3) is 12.2 Å². The molecule has 4 rings (SSSR count). The Morgan fingerprint density at radius 2 is 1.59 bits per heavy atom. The van der Waals surface area contributed by atoms with Gasteiger partial charge in [0, 0.05) is 17.7 Å². The van der Waals surface area contributed by atoms with Crippen molar-refractivity contribution in [2.45, 2.75) is 65.0 Å². The van der Waals surface area contributed by atoms with Crippen LogP contribution in [-0.2, 0) is 20.9 Å². The maximum absolute atomic E-state index is 13.8. The molecule has 5 heteroatoms. The maximum Gasteiger partial charge on any atom is 0.331 e. The Balaban J connectivity index is 1.48. The summed E-state index contributed by atoms with van der Waals surface area (Å²) >= 11 is 0. The third kappa shape index (κ3) is 9.78. The highest BCUT2D eigenvalue weighted by Crippen LogP contribution is 2.29. The standard InChI is InChI=1S/C36H41NO4/c1-36(2,3)41-34(38)24-23-28-19-21-30(22-20-28)27-37(35(39)31-14-6-4-7-15-31)32-16-10-12-29(26-32)13-11-25-40-33-17-8-5-9-18-33/h5,8-13,16-24,26,31H,4,6-7,14-15,25,27H2,1-3H3/b13-11+,24-23+. The van der Waals surface area contributed by atoms with Crippen molar-refractivity contribution in [2.24, 2.45) is 5.92 Å². The average Bonchev–Trinajstić information content (AvgIpc) is 2.97. The van der Waals surface area contributed by atoms with E-state index in [0.717, 1.165) is 53.8 Å². The fourth-order valence-electron chi connectivity index (χ4n) is 4.92. The number of ether oxygens (including phenoxy) is 2. The second-order valence-corrected chi connectivity index (χ2v) is 11.5. The summed E-state index contributed by atoms with van der Waals surface area (Å²) in [4.78, 5) is 27.8. The molecule has 1 saturated carbocycles. The van der Waals surface area contributed by atoms with Gasteiger partial charge in [-0.1, -0.05) is 79.9 Å². The van der Waals surface area contributed by atoms with E-state index < -0.39 is 5.60 Å². The van der Waals surface area contributed by atoms with Gasteiger partial charge in [-0.05, 0) is 86.7 Å². The van der Waals surface area contributed by atoms with Crippen molar-refractivity contribution < 1.29 is 19.1 Å². The summed E-state index contributed by atoms with van der Waals surface area (Å²) in [6.07, 6.45) is 12.5. The highest BCUT2D eigenvalue weighted by molar-refractivity contribution is 5.95. The van der Waals surface area contributed by atoms with Gasteiger partial charge in [0.2, 0.25) is 5.91 Å². The van der Waals surface area contributed by atoms with Crippen molar-refractivity contribution in [1.29, 1.82) is 0 Å². The van der Waals surface area contributed by atoms with Crippen LogP contribution in [-0.4, -0.2) is 24.1 Å². The lowest BCUT2D eigenvalue weighted by Crippen LogP contribution is -2.36. The van der Waals surface area contributed by atoms with Gasteiger partial charge in [-0.25, -0.2) is 4.79 Å². The van der Waals surface area contributed by atoms with Crippen LogP contribution in [0.5, 0.6) is 5.75 Å². The number of nitrogens with zero attached hydrogens (tertiary/aromatic N) is 1. The molecule has 1 fully saturated rings. The van der Waals surface area contributed by atoms with E-state index in [0.29, 0.717) is 13.2 Å². The largest absolute Gasteiger partial charge is 0.490 e. The van der Waals surface area contributed by atoms with Crippen molar-refractivity contribution in [2.75, 3.05) is 11.5 Å². The molecule has 0 spiro atoms.